The minimum atomic E-state index is -3.87. The molecule has 1 saturated heterocycles. The summed E-state index contributed by atoms with van der Waals surface area (Å²) in [6, 6.07) is 2.82. The molecule has 0 bridgehead atoms. The Bertz CT molecular complexity index is 646. The Morgan fingerprint density at radius 3 is 2.71 bits per heavy atom. The molecule has 1 atom stereocenters. The monoisotopic (exact) mass is 315 g/mol. The van der Waals surface area contributed by atoms with E-state index in [0.717, 1.165) is 24.6 Å². The number of rotatable bonds is 4. The topological polar surface area (TPSA) is 127 Å². The number of benzene rings is 1. The number of nitrogens with two attached hydrogens (primary N) is 1. The fraction of sp³-hybridized carbons (Fsp3) is 0.500. The summed E-state index contributed by atoms with van der Waals surface area (Å²) in [6.45, 7) is 0.0517. The van der Waals surface area contributed by atoms with Gasteiger partial charge in [-0.1, -0.05) is 6.42 Å². The van der Waals surface area contributed by atoms with E-state index >= 15 is 0 Å². The maximum Gasteiger partial charge on any atom is 0.271 e. The molecule has 0 spiro atoms. The van der Waals surface area contributed by atoms with Gasteiger partial charge in [0.15, 0.2) is 0 Å². The number of nitrogens with zero attached hydrogens (tertiary/aromatic N) is 2. The van der Waals surface area contributed by atoms with E-state index < -0.39 is 21.0 Å². The van der Waals surface area contributed by atoms with Crippen LogP contribution in [0.4, 0.5) is 11.4 Å². The lowest BCUT2D eigenvalue weighted by Crippen LogP contribution is -2.45. The van der Waals surface area contributed by atoms with Crippen molar-refractivity contribution in [3.05, 3.63) is 28.3 Å². The van der Waals surface area contributed by atoms with E-state index in [2.05, 4.69) is 0 Å². The number of aliphatic hydroxyl groups is 1. The highest BCUT2D eigenvalue weighted by molar-refractivity contribution is 7.89. The van der Waals surface area contributed by atoms with Crippen LogP contribution in [0, 0.1) is 10.1 Å². The summed E-state index contributed by atoms with van der Waals surface area (Å²) in [5, 5.41) is 20.0. The summed E-state index contributed by atoms with van der Waals surface area (Å²) in [4.78, 5) is 9.88. The third kappa shape index (κ3) is 2.99. The standard InChI is InChI=1S/C12H17N3O5S/c13-11-7-9(15(17)18)4-5-12(11)21(19,20)14-6-2-1-3-10(14)8-16/h4-5,7,10,16H,1-3,6,8,13H2. The Labute approximate surface area is 122 Å². The van der Waals surface area contributed by atoms with E-state index in [9.17, 15) is 23.6 Å². The van der Waals surface area contributed by atoms with Crippen LogP contribution in [0.2, 0.25) is 0 Å². The van der Waals surface area contributed by atoms with Crippen molar-refractivity contribution in [2.24, 2.45) is 0 Å². The molecule has 0 saturated carbocycles. The summed E-state index contributed by atoms with van der Waals surface area (Å²) in [6.07, 6.45) is 2.15. The van der Waals surface area contributed by atoms with Gasteiger partial charge in [0.2, 0.25) is 10.0 Å². The minimum absolute atomic E-state index is 0.159. The van der Waals surface area contributed by atoms with Gasteiger partial charge in [-0.05, 0) is 18.9 Å². The van der Waals surface area contributed by atoms with Crippen LogP contribution in [-0.2, 0) is 10.0 Å². The van der Waals surface area contributed by atoms with Crippen LogP contribution in [0.1, 0.15) is 19.3 Å². The highest BCUT2D eigenvalue weighted by Crippen LogP contribution is 2.30. The van der Waals surface area contributed by atoms with Gasteiger partial charge in [0.25, 0.3) is 5.69 Å². The molecule has 1 aliphatic heterocycles. The Morgan fingerprint density at radius 1 is 1.43 bits per heavy atom. The molecule has 9 heteroatoms. The van der Waals surface area contributed by atoms with Gasteiger partial charge in [0.05, 0.1) is 17.2 Å². The van der Waals surface area contributed by atoms with Gasteiger partial charge in [-0.2, -0.15) is 4.31 Å². The Morgan fingerprint density at radius 2 is 2.14 bits per heavy atom. The molecule has 116 valence electrons. The van der Waals surface area contributed by atoms with Crippen molar-refractivity contribution in [2.45, 2.75) is 30.2 Å². The first-order valence-electron chi connectivity index (χ1n) is 6.54. The van der Waals surface area contributed by atoms with E-state index in [0.29, 0.717) is 19.4 Å². The van der Waals surface area contributed by atoms with Crippen molar-refractivity contribution in [2.75, 3.05) is 18.9 Å². The highest BCUT2D eigenvalue weighted by atomic mass is 32.2. The van der Waals surface area contributed by atoms with Crippen LogP contribution in [0.25, 0.3) is 0 Å². The quantitative estimate of drug-likeness (QED) is 0.478. The maximum atomic E-state index is 12.6. The van der Waals surface area contributed by atoms with Gasteiger partial charge in [-0.25, -0.2) is 8.42 Å². The third-order valence-corrected chi connectivity index (χ3v) is 5.60. The molecule has 0 aromatic heterocycles. The van der Waals surface area contributed by atoms with Crippen LogP contribution in [-0.4, -0.2) is 41.9 Å². The SMILES string of the molecule is Nc1cc([N+](=O)[O-])ccc1S(=O)(=O)N1CCCCC1CO. The molecule has 0 aliphatic carbocycles. The lowest BCUT2D eigenvalue weighted by atomic mass is 10.1. The predicted molar refractivity (Wildman–Crippen MR) is 76.1 cm³/mol. The van der Waals surface area contributed by atoms with Gasteiger partial charge in [-0.15, -0.1) is 0 Å². The lowest BCUT2D eigenvalue weighted by Gasteiger charge is -2.33. The number of hydrogen-bond acceptors (Lipinski definition) is 6. The molecule has 3 N–H and O–H groups in total. The summed E-state index contributed by atoms with van der Waals surface area (Å²) in [5.74, 6) is 0. The number of nitro benzene ring substituents is 1. The molecule has 1 aromatic carbocycles. The zero-order valence-corrected chi connectivity index (χ0v) is 12.1. The van der Waals surface area contributed by atoms with Crippen LogP contribution in [0.15, 0.2) is 23.1 Å². The first-order valence-corrected chi connectivity index (χ1v) is 7.98. The lowest BCUT2D eigenvalue weighted by molar-refractivity contribution is -0.384. The number of aliphatic hydroxyl groups excluding tert-OH is 1. The summed E-state index contributed by atoms with van der Waals surface area (Å²) in [7, 11) is -3.87. The molecule has 0 radical (unpaired) electrons. The number of nitrogen functional groups attached to an aromatic ring is 1. The number of sulfonamides is 1. The van der Waals surface area contributed by atoms with Crippen LogP contribution in [0.5, 0.6) is 0 Å². The Hall–Kier alpha value is -1.71. The molecule has 1 heterocycles. The predicted octanol–water partition coefficient (Wildman–Crippen LogP) is 0.712. The third-order valence-electron chi connectivity index (χ3n) is 3.57. The Balaban J connectivity index is 2.41. The van der Waals surface area contributed by atoms with Crippen molar-refractivity contribution in [3.8, 4) is 0 Å². The van der Waals surface area contributed by atoms with Gasteiger partial charge in [-0.3, -0.25) is 10.1 Å². The van der Waals surface area contributed by atoms with E-state index in [1.54, 1.807) is 0 Å². The highest BCUT2D eigenvalue weighted by Gasteiger charge is 2.34. The molecule has 1 unspecified atom stereocenters. The first-order chi connectivity index (χ1) is 9.87. The Kier molecular flexibility index (Phi) is 4.45. The van der Waals surface area contributed by atoms with Gasteiger partial charge in [0.1, 0.15) is 4.90 Å². The molecular formula is C12H17N3O5S. The van der Waals surface area contributed by atoms with Crippen LogP contribution < -0.4 is 5.73 Å². The second-order valence-electron chi connectivity index (χ2n) is 4.93. The van der Waals surface area contributed by atoms with Crippen LogP contribution >= 0.6 is 0 Å². The molecule has 8 nitrogen and oxygen atoms in total. The molecule has 1 fully saturated rings. The van der Waals surface area contributed by atoms with Crippen molar-refractivity contribution in [1.82, 2.24) is 4.31 Å². The minimum Gasteiger partial charge on any atom is -0.397 e. The van der Waals surface area contributed by atoms with E-state index in [1.165, 1.54) is 4.31 Å². The van der Waals surface area contributed by atoms with Crippen molar-refractivity contribution in [1.29, 1.82) is 0 Å². The smallest absolute Gasteiger partial charge is 0.271 e. The molecular weight excluding hydrogens is 298 g/mol. The van der Waals surface area contributed by atoms with Gasteiger partial charge >= 0.3 is 0 Å². The van der Waals surface area contributed by atoms with Crippen molar-refractivity contribution >= 4 is 21.4 Å². The van der Waals surface area contributed by atoms with E-state index in [1.807, 2.05) is 0 Å². The second-order valence-corrected chi connectivity index (χ2v) is 6.79. The maximum absolute atomic E-state index is 12.6. The zero-order valence-electron chi connectivity index (χ0n) is 11.3. The second kappa shape index (κ2) is 5.96. The van der Waals surface area contributed by atoms with Crippen molar-refractivity contribution in [3.63, 3.8) is 0 Å². The number of anilines is 1. The summed E-state index contributed by atoms with van der Waals surface area (Å²) >= 11 is 0. The molecule has 1 aliphatic rings. The summed E-state index contributed by atoms with van der Waals surface area (Å²) in [5.41, 5.74) is 5.25. The van der Waals surface area contributed by atoms with Crippen LogP contribution in [0.3, 0.4) is 0 Å². The molecule has 2 rings (SSSR count). The molecule has 1 aromatic rings. The fourth-order valence-corrected chi connectivity index (χ4v) is 4.27. The number of non-ortho nitro benzene ring substituents is 1. The average molecular weight is 315 g/mol. The number of piperidine rings is 1. The number of hydrogen-bond donors (Lipinski definition) is 2. The average Bonchev–Trinajstić information content (AvgIpc) is 2.46. The van der Waals surface area contributed by atoms with Crippen molar-refractivity contribution < 1.29 is 18.4 Å². The first kappa shape index (κ1) is 15.7. The normalized spacial score (nSPS) is 20.3. The zero-order chi connectivity index (χ0) is 15.6. The van der Waals surface area contributed by atoms with E-state index in [4.69, 9.17) is 5.73 Å². The van der Waals surface area contributed by atoms with Gasteiger partial charge in [0, 0.05) is 24.7 Å². The molecule has 0 amide bonds. The summed E-state index contributed by atoms with van der Waals surface area (Å²) < 4.78 is 26.5. The largest absolute Gasteiger partial charge is 0.397 e. The fourth-order valence-electron chi connectivity index (χ4n) is 2.48. The van der Waals surface area contributed by atoms with Gasteiger partial charge < -0.3 is 10.8 Å². The van der Waals surface area contributed by atoms with E-state index in [-0.39, 0.29) is 22.9 Å². The molecule has 21 heavy (non-hydrogen) atoms. The number of nitro groups is 1.